The smallest absolute Gasteiger partial charge is 0.407 e. The third-order valence-electron chi connectivity index (χ3n) is 3.13. The molecule has 1 aromatic carbocycles. The number of ether oxygens (including phenoxy) is 1. The maximum atomic E-state index is 11.5. The number of benzene rings is 1. The van der Waals surface area contributed by atoms with E-state index in [0.29, 0.717) is 6.54 Å². The van der Waals surface area contributed by atoms with Crippen molar-refractivity contribution in [2.45, 2.75) is 65.4 Å². The summed E-state index contributed by atoms with van der Waals surface area (Å²) in [7, 11) is 0. The minimum absolute atomic E-state index is 0.354. The zero-order chi connectivity index (χ0) is 17.1. The van der Waals surface area contributed by atoms with E-state index in [1.54, 1.807) is 0 Å². The molecule has 0 spiro atoms. The Morgan fingerprint density at radius 1 is 1.26 bits per heavy atom. The van der Waals surface area contributed by atoms with Crippen molar-refractivity contribution in [1.29, 1.82) is 0 Å². The van der Waals surface area contributed by atoms with Gasteiger partial charge in [0.1, 0.15) is 5.60 Å². The van der Waals surface area contributed by atoms with E-state index in [1.807, 2.05) is 32.9 Å². The molecule has 0 radical (unpaired) electrons. The minimum Gasteiger partial charge on any atom is -0.444 e. The Kier molecular flexibility index (Phi) is 8.26. The number of unbranched alkanes of at least 4 members (excludes halogenated alkanes) is 2. The van der Waals surface area contributed by atoms with Gasteiger partial charge in [0.05, 0.1) is 0 Å². The Labute approximate surface area is 140 Å². The van der Waals surface area contributed by atoms with Crippen LogP contribution < -0.4 is 5.32 Å². The summed E-state index contributed by atoms with van der Waals surface area (Å²) in [6.07, 6.45) is 4.74. The normalized spacial score (nSPS) is 10.6. The van der Waals surface area contributed by atoms with Crippen molar-refractivity contribution < 1.29 is 9.53 Å². The lowest BCUT2D eigenvalue weighted by atomic mass is 10.1. The van der Waals surface area contributed by atoms with Gasteiger partial charge >= 0.3 is 6.09 Å². The van der Waals surface area contributed by atoms with E-state index in [1.165, 1.54) is 12.0 Å². The third-order valence-corrected chi connectivity index (χ3v) is 3.13. The summed E-state index contributed by atoms with van der Waals surface area (Å²) >= 11 is 0. The monoisotopic (exact) mass is 315 g/mol. The van der Waals surface area contributed by atoms with E-state index in [0.717, 1.165) is 31.2 Å². The molecule has 3 nitrogen and oxygen atoms in total. The number of alkyl carbamates (subject to hydrolysis) is 1. The summed E-state index contributed by atoms with van der Waals surface area (Å²) in [5.41, 5.74) is 1.87. The number of rotatable bonds is 6. The molecule has 0 saturated heterocycles. The molecule has 126 valence electrons. The van der Waals surface area contributed by atoms with Gasteiger partial charge in [-0.3, -0.25) is 0 Å². The van der Waals surface area contributed by atoms with Crippen molar-refractivity contribution in [2.24, 2.45) is 0 Å². The average molecular weight is 315 g/mol. The Balaban J connectivity index is 2.35. The fraction of sp³-hybridized carbons (Fsp3) is 0.550. The first-order valence-electron chi connectivity index (χ1n) is 8.45. The molecule has 0 heterocycles. The van der Waals surface area contributed by atoms with E-state index >= 15 is 0 Å². The van der Waals surface area contributed by atoms with E-state index in [4.69, 9.17) is 4.74 Å². The van der Waals surface area contributed by atoms with Crippen molar-refractivity contribution in [3.8, 4) is 11.8 Å². The van der Waals surface area contributed by atoms with Crippen LogP contribution in [0.1, 0.15) is 64.5 Å². The van der Waals surface area contributed by atoms with Gasteiger partial charge in [-0.2, -0.15) is 0 Å². The molecule has 0 aliphatic rings. The van der Waals surface area contributed by atoms with Crippen molar-refractivity contribution in [2.75, 3.05) is 6.54 Å². The molecule has 1 aromatic rings. The SMILES string of the molecule is CCCCC#Cc1cccc(CCCNC(=O)OC(C)(C)C)c1. The van der Waals surface area contributed by atoms with E-state index in [2.05, 4.69) is 36.2 Å². The highest BCUT2D eigenvalue weighted by Crippen LogP contribution is 2.08. The first kappa shape index (κ1) is 19.1. The number of carbonyl (C=O) groups is 1. The second kappa shape index (κ2) is 9.94. The van der Waals surface area contributed by atoms with E-state index < -0.39 is 5.60 Å². The topological polar surface area (TPSA) is 38.3 Å². The summed E-state index contributed by atoms with van der Waals surface area (Å²) in [6.45, 7) is 8.37. The quantitative estimate of drug-likeness (QED) is 0.611. The number of amides is 1. The van der Waals surface area contributed by atoms with Crippen molar-refractivity contribution >= 4 is 6.09 Å². The molecule has 0 aliphatic heterocycles. The van der Waals surface area contributed by atoms with Crippen LogP contribution in [0, 0.1) is 11.8 Å². The zero-order valence-electron chi connectivity index (χ0n) is 14.9. The molecule has 0 saturated carbocycles. The van der Waals surface area contributed by atoms with Crippen LogP contribution in [0.25, 0.3) is 0 Å². The predicted molar refractivity (Wildman–Crippen MR) is 95.4 cm³/mol. The second-order valence-electron chi connectivity index (χ2n) is 6.64. The number of nitrogens with one attached hydrogen (secondary N) is 1. The summed E-state index contributed by atoms with van der Waals surface area (Å²) in [4.78, 5) is 11.5. The standard InChI is InChI=1S/C20H29NO2/c1-5-6-7-8-11-17-12-9-13-18(16-17)14-10-15-21-19(22)23-20(2,3)4/h9,12-13,16H,5-7,10,14-15H2,1-4H3,(H,21,22). The van der Waals surface area contributed by atoms with Crippen LogP contribution in [-0.2, 0) is 11.2 Å². The second-order valence-corrected chi connectivity index (χ2v) is 6.64. The van der Waals surface area contributed by atoms with Gasteiger partial charge in [-0.25, -0.2) is 4.79 Å². The highest BCUT2D eigenvalue weighted by Gasteiger charge is 2.15. The Bertz CT molecular complexity index is 547. The van der Waals surface area contributed by atoms with Crippen LogP contribution in [0.5, 0.6) is 0 Å². The van der Waals surface area contributed by atoms with Gasteiger partial charge in [0.2, 0.25) is 0 Å². The number of carbonyl (C=O) groups excluding carboxylic acids is 1. The fourth-order valence-electron chi connectivity index (χ4n) is 2.03. The molecule has 23 heavy (non-hydrogen) atoms. The van der Waals surface area contributed by atoms with E-state index in [-0.39, 0.29) is 6.09 Å². The number of hydrogen-bond donors (Lipinski definition) is 1. The third kappa shape index (κ3) is 9.63. The maximum absolute atomic E-state index is 11.5. The van der Waals surface area contributed by atoms with E-state index in [9.17, 15) is 4.79 Å². The molecule has 0 aliphatic carbocycles. The van der Waals surface area contributed by atoms with Crippen LogP contribution in [0.2, 0.25) is 0 Å². The average Bonchev–Trinajstić information content (AvgIpc) is 2.47. The molecule has 3 heteroatoms. The molecule has 0 unspecified atom stereocenters. The van der Waals surface area contributed by atoms with Gasteiger partial charge in [0.25, 0.3) is 0 Å². The molecule has 0 atom stereocenters. The van der Waals surface area contributed by atoms with Crippen LogP contribution in [0.15, 0.2) is 24.3 Å². The lowest BCUT2D eigenvalue weighted by Crippen LogP contribution is -2.33. The van der Waals surface area contributed by atoms with Gasteiger partial charge in [0.15, 0.2) is 0 Å². The lowest BCUT2D eigenvalue weighted by Gasteiger charge is -2.19. The molecule has 1 amide bonds. The first-order valence-corrected chi connectivity index (χ1v) is 8.45. The van der Waals surface area contributed by atoms with Crippen molar-refractivity contribution in [1.82, 2.24) is 5.32 Å². The Morgan fingerprint density at radius 3 is 2.74 bits per heavy atom. The molecule has 1 N–H and O–H groups in total. The van der Waals surface area contributed by atoms with Gasteiger partial charge in [-0.05, 0) is 57.7 Å². The molecule has 0 fully saturated rings. The fourth-order valence-corrected chi connectivity index (χ4v) is 2.03. The predicted octanol–water partition coefficient (Wildman–Crippen LogP) is 4.69. The highest BCUT2D eigenvalue weighted by atomic mass is 16.6. The minimum atomic E-state index is -0.450. The summed E-state index contributed by atoms with van der Waals surface area (Å²) in [5, 5.41) is 2.78. The highest BCUT2D eigenvalue weighted by molar-refractivity contribution is 5.67. The number of hydrogen-bond acceptors (Lipinski definition) is 2. The maximum Gasteiger partial charge on any atom is 0.407 e. The molecular formula is C20H29NO2. The number of aryl methyl sites for hydroxylation is 1. The van der Waals surface area contributed by atoms with Gasteiger partial charge < -0.3 is 10.1 Å². The van der Waals surface area contributed by atoms with Crippen LogP contribution in [-0.4, -0.2) is 18.2 Å². The molecular weight excluding hydrogens is 286 g/mol. The molecule has 1 rings (SSSR count). The Hall–Kier alpha value is -1.95. The van der Waals surface area contributed by atoms with Gasteiger partial charge in [-0.1, -0.05) is 37.3 Å². The zero-order valence-corrected chi connectivity index (χ0v) is 14.9. The largest absolute Gasteiger partial charge is 0.444 e. The summed E-state index contributed by atoms with van der Waals surface area (Å²) < 4.78 is 5.20. The van der Waals surface area contributed by atoms with Gasteiger partial charge in [-0.15, -0.1) is 0 Å². The Morgan fingerprint density at radius 2 is 2.04 bits per heavy atom. The summed E-state index contributed by atoms with van der Waals surface area (Å²) in [6, 6.07) is 8.32. The van der Waals surface area contributed by atoms with Gasteiger partial charge in [0, 0.05) is 18.5 Å². The summed E-state index contributed by atoms with van der Waals surface area (Å²) in [5.74, 6) is 6.42. The van der Waals surface area contributed by atoms with Crippen LogP contribution in [0.3, 0.4) is 0 Å². The molecule has 0 aromatic heterocycles. The first-order chi connectivity index (χ1) is 10.9. The van der Waals surface area contributed by atoms with Crippen molar-refractivity contribution in [3.63, 3.8) is 0 Å². The van der Waals surface area contributed by atoms with Crippen LogP contribution in [0.4, 0.5) is 4.79 Å². The van der Waals surface area contributed by atoms with Crippen LogP contribution >= 0.6 is 0 Å². The van der Waals surface area contributed by atoms with Crippen molar-refractivity contribution in [3.05, 3.63) is 35.4 Å². The molecule has 0 bridgehead atoms. The lowest BCUT2D eigenvalue weighted by molar-refractivity contribution is 0.0527.